The summed E-state index contributed by atoms with van der Waals surface area (Å²) in [4.78, 5) is 19.7. The summed E-state index contributed by atoms with van der Waals surface area (Å²) in [5.74, 6) is 0.874. The molecule has 30 heavy (non-hydrogen) atoms. The van der Waals surface area contributed by atoms with Crippen molar-refractivity contribution >= 4 is 5.91 Å². The summed E-state index contributed by atoms with van der Waals surface area (Å²) in [6.45, 7) is 2.82. The second kappa shape index (κ2) is 8.64. The zero-order valence-electron chi connectivity index (χ0n) is 16.7. The maximum atomic E-state index is 11.6. The van der Waals surface area contributed by atoms with Gasteiger partial charge in [-0.1, -0.05) is 12.1 Å². The molecule has 1 aliphatic heterocycles. The zero-order chi connectivity index (χ0) is 21.1. The van der Waals surface area contributed by atoms with Crippen LogP contribution in [0.25, 0.3) is 0 Å². The molecule has 4 N–H and O–H groups in total. The molecule has 0 saturated heterocycles. The van der Waals surface area contributed by atoms with Crippen LogP contribution < -0.4 is 15.8 Å². The van der Waals surface area contributed by atoms with Crippen molar-refractivity contribution in [3.63, 3.8) is 0 Å². The summed E-state index contributed by atoms with van der Waals surface area (Å²) >= 11 is 0. The van der Waals surface area contributed by atoms with E-state index < -0.39 is 12.0 Å². The molecule has 0 bridgehead atoms. The molecular weight excluding hydrogens is 384 g/mol. The van der Waals surface area contributed by atoms with Crippen LogP contribution in [0.3, 0.4) is 0 Å². The number of aliphatic hydroxyl groups is 1. The van der Waals surface area contributed by atoms with Crippen LogP contribution in [-0.2, 0) is 26.0 Å². The Bertz CT molecular complexity index is 1050. The third kappa shape index (κ3) is 4.34. The fourth-order valence-electron chi connectivity index (χ4n) is 3.68. The van der Waals surface area contributed by atoms with Crippen molar-refractivity contribution < 1.29 is 19.1 Å². The number of pyridine rings is 1. The number of nitrogens with zero attached hydrogens (tertiary/aromatic N) is 2. The molecule has 8 heteroatoms. The molecule has 0 unspecified atom stereocenters. The summed E-state index contributed by atoms with van der Waals surface area (Å²) in [6.07, 6.45) is 3.23. The normalized spacial score (nSPS) is 16.7. The number of ether oxygens (including phenoxy) is 1. The fraction of sp³-hybridized carbons (Fsp3) is 0.318. The van der Waals surface area contributed by atoms with Gasteiger partial charge in [0.1, 0.15) is 18.1 Å². The first-order valence-electron chi connectivity index (χ1n) is 9.80. The summed E-state index contributed by atoms with van der Waals surface area (Å²) < 4.78 is 11.1. The van der Waals surface area contributed by atoms with Gasteiger partial charge in [0.05, 0.1) is 11.8 Å². The molecule has 8 nitrogen and oxygen atoms in total. The van der Waals surface area contributed by atoms with Gasteiger partial charge in [-0.05, 0) is 48.2 Å². The van der Waals surface area contributed by atoms with Crippen molar-refractivity contribution in [1.82, 2.24) is 15.3 Å². The van der Waals surface area contributed by atoms with Gasteiger partial charge in [0.25, 0.3) is 5.91 Å². The molecule has 0 spiro atoms. The van der Waals surface area contributed by atoms with Gasteiger partial charge in [-0.3, -0.25) is 9.78 Å². The predicted molar refractivity (Wildman–Crippen MR) is 109 cm³/mol. The minimum Gasteiger partial charge on any atom is -0.486 e. The third-order valence-corrected chi connectivity index (χ3v) is 5.41. The molecule has 156 valence electrons. The van der Waals surface area contributed by atoms with Gasteiger partial charge in [0.2, 0.25) is 0 Å². The number of primary amides is 1. The van der Waals surface area contributed by atoms with E-state index in [0.717, 1.165) is 22.6 Å². The van der Waals surface area contributed by atoms with E-state index in [1.807, 2.05) is 25.1 Å². The molecule has 0 saturated carbocycles. The Labute approximate surface area is 174 Å². The number of carbonyl (C=O) groups is 1. The highest BCUT2D eigenvalue weighted by atomic mass is 16.5. The van der Waals surface area contributed by atoms with Crippen LogP contribution >= 0.6 is 0 Å². The van der Waals surface area contributed by atoms with E-state index in [9.17, 15) is 9.90 Å². The number of aliphatic hydroxyl groups excluding tert-OH is 1. The monoisotopic (exact) mass is 408 g/mol. The van der Waals surface area contributed by atoms with Crippen molar-refractivity contribution in [1.29, 1.82) is 0 Å². The highest BCUT2D eigenvalue weighted by Crippen LogP contribution is 2.25. The number of amides is 1. The van der Waals surface area contributed by atoms with E-state index in [1.54, 1.807) is 12.1 Å². The minimum absolute atomic E-state index is 0.137. The Morgan fingerprint density at radius 3 is 3.00 bits per heavy atom. The van der Waals surface area contributed by atoms with E-state index in [-0.39, 0.29) is 11.7 Å². The van der Waals surface area contributed by atoms with Gasteiger partial charge in [0.15, 0.2) is 12.2 Å². The van der Waals surface area contributed by atoms with Crippen LogP contribution in [0.4, 0.5) is 0 Å². The van der Waals surface area contributed by atoms with E-state index in [4.69, 9.17) is 14.9 Å². The van der Waals surface area contributed by atoms with Crippen LogP contribution in [0, 0.1) is 6.92 Å². The Morgan fingerprint density at radius 1 is 1.37 bits per heavy atom. The van der Waals surface area contributed by atoms with Crippen molar-refractivity contribution in [3.05, 3.63) is 76.8 Å². The molecule has 1 aliphatic rings. The Hall–Kier alpha value is -3.23. The molecule has 2 atom stereocenters. The van der Waals surface area contributed by atoms with Crippen LogP contribution in [0.2, 0.25) is 0 Å². The molecule has 3 heterocycles. The summed E-state index contributed by atoms with van der Waals surface area (Å²) in [5, 5.41) is 14.1. The number of nitrogens with one attached hydrogen (secondary N) is 1. The quantitative estimate of drug-likeness (QED) is 0.543. The van der Waals surface area contributed by atoms with Crippen LogP contribution in [0.5, 0.6) is 5.75 Å². The highest BCUT2D eigenvalue weighted by molar-refractivity contribution is 5.92. The molecule has 4 rings (SSSR count). The van der Waals surface area contributed by atoms with E-state index in [2.05, 4.69) is 15.3 Å². The molecule has 0 radical (unpaired) electrons. The fourth-order valence-corrected chi connectivity index (χ4v) is 3.68. The zero-order valence-corrected chi connectivity index (χ0v) is 16.7. The summed E-state index contributed by atoms with van der Waals surface area (Å²) in [7, 11) is 0. The molecule has 0 aliphatic carbocycles. The molecule has 2 aromatic heterocycles. The average molecular weight is 408 g/mol. The van der Waals surface area contributed by atoms with E-state index in [0.29, 0.717) is 37.3 Å². The van der Waals surface area contributed by atoms with Crippen molar-refractivity contribution in [2.75, 3.05) is 0 Å². The molecule has 3 aromatic rings. The summed E-state index contributed by atoms with van der Waals surface area (Å²) in [5.41, 5.74) is 9.35. The van der Waals surface area contributed by atoms with Crippen molar-refractivity contribution in [2.45, 2.75) is 45.1 Å². The second-order valence-electron chi connectivity index (χ2n) is 7.42. The van der Waals surface area contributed by atoms with E-state index >= 15 is 0 Å². The Morgan fingerprint density at radius 2 is 2.23 bits per heavy atom. The smallest absolute Gasteiger partial charge is 0.267 e. The highest BCUT2D eigenvalue weighted by Gasteiger charge is 2.26. The second-order valence-corrected chi connectivity index (χ2v) is 7.42. The number of hydrogen-bond donors (Lipinski definition) is 3. The van der Waals surface area contributed by atoms with Crippen LogP contribution in [-0.4, -0.2) is 33.1 Å². The van der Waals surface area contributed by atoms with Gasteiger partial charge in [0, 0.05) is 25.2 Å². The number of rotatable bonds is 7. The lowest BCUT2D eigenvalue weighted by Crippen LogP contribution is -2.45. The lowest BCUT2D eigenvalue weighted by molar-refractivity contribution is 0.0990. The van der Waals surface area contributed by atoms with E-state index in [1.165, 1.54) is 12.6 Å². The maximum absolute atomic E-state index is 11.6. The van der Waals surface area contributed by atoms with Crippen LogP contribution in [0.15, 0.2) is 47.3 Å². The van der Waals surface area contributed by atoms with Gasteiger partial charge in [-0.2, -0.15) is 0 Å². The topological polar surface area (TPSA) is 124 Å². The maximum Gasteiger partial charge on any atom is 0.267 e. The lowest BCUT2D eigenvalue weighted by Gasteiger charge is -2.30. The number of benzene rings is 1. The SMILES string of the molecule is Cc1ncoc1COc1ccc2c(c1)CN[C@H]([C@H](O)Cc1cccnc1C(N)=O)C2. The van der Waals surface area contributed by atoms with Gasteiger partial charge >= 0.3 is 0 Å². The lowest BCUT2D eigenvalue weighted by atomic mass is 9.90. The minimum atomic E-state index is -0.675. The first-order chi connectivity index (χ1) is 14.5. The van der Waals surface area contributed by atoms with Crippen molar-refractivity contribution in [2.24, 2.45) is 5.73 Å². The largest absolute Gasteiger partial charge is 0.486 e. The summed E-state index contributed by atoms with van der Waals surface area (Å²) in [6, 6.07) is 9.32. The van der Waals surface area contributed by atoms with Gasteiger partial charge < -0.3 is 25.3 Å². The molecule has 0 fully saturated rings. The number of fused-ring (bicyclic) bond motifs is 1. The number of aryl methyl sites for hydroxylation is 1. The number of aromatic nitrogens is 2. The number of nitrogens with two attached hydrogens (primary N) is 1. The van der Waals surface area contributed by atoms with Gasteiger partial charge in [-0.15, -0.1) is 0 Å². The first kappa shape index (κ1) is 20.1. The molecule has 1 aromatic carbocycles. The van der Waals surface area contributed by atoms with Gasteiger partial charge in [-0.25, -0.2) is 4.98 Å². The Balaban J connectivity index is 1.40. The average Bonchev–Trinajstić information content (AvgIpc) is 3.16. The predicted octanol–water partition coefficient (Wildman–Crippen LogP) is 1.67. The molecular formula is C22H24N4O4. The first-order valence-corrected chi connectivity index (χ1v) is 9.80. The third-order valence-electron chi connectivity index (χ3n) is 5.41. The van der Waals surface area contributed by atoms with Crippen molar-refractivity contribution in [3.8, 4) is 5.75 Å². The number of carbonyl (C=O) groups excluding carboxylic acids is 1. The number of hydrogen-bond acceptors (Lipinski definition) is 7. The number of oxazole rings is 1. The standard InChI is InChI=1S/C22H24N4O4/c1-13-20(30-12-26-13)11-29-17-5-4-14-8-18(25-10-16(14)7-17)19(27)9-15-3-2-6-24-21(15)22(23)28/h2-7,12,18-19,25,27H,8-11H2,1H3,(H2,23,28)/t18-,19+/m0/s1. The van der Waals surface area contributed by atoms with Crippen LogP contribution in [0.1, 0.15) is 38.6 Å². The molecule has 1 amide bonds. The Kier molecular flexibility index (Phi) is 5.78.